The van der Waals surface area contributed by atoms with E-state index in [2.05, 4.69) is 32.1 Å². The highest BCUT2D eigenvalue weighted by molar-refractivity contribution is 5.38. The van der Waals surface area contributed by atoms with E-state index in [-0.39, 0.29) is 0 Å². The van der Waals surface area contributed by atoms with Gasteiger partial charge in [0.1, 0.15) is 11.6 Å². The van der Waals surface area contributed by atoms with Crippen molar-refractivity contribution < 1.29 is 0 Å². The molecular weight excluding hydrogens is 216 g/mol. The average molecular weight is 236 g/mol. The fraction of sp³-hybridized carbons (Fsp3) is 0.636. The molecule has 0 unspecified atom stereocenters. The number of rotatable bonds is 4. The summed E-state index contributed by atoms with van der Waals surface area (Å²) in [6.45, 7) is 6.49. The molecule has 94 valence electrons. The molecule has 0 spiro atoms. The van der Waals surface area contributed by atoms with Crippen LogP contribution in [0, 0.1) is 0 Å². The van der Waals surface area contributed by atoms with Gasteiger partial charge >= 0.3 is 0 Å². The zero-order valence-electron chi connectivity index (χ0n) is 10.3. The molecule has 0 saturated carbocycles. The van der Waals surface area contributed by atoms with E-state index in [1.54, 1.807) is 12.4 Å². The molecule has 6 nitrogen and oxygen atoms in total. The van der Waals surface area contributed by atoms with Crippen molar-refractivity contribution in [2.24, 2.45) is 0 Å². The number of nitrogens with two attached hydrogens (primary N) is 1. The molecule has 1 saturated heterocycles. The van der Waals surface area contributed by atoms with Crippen molar-refractivity contribution in [3.05, 3.63) is 12.4 Å². The fourth-order valence-electron chi connectivity index (χ4n) is 1.88. The van der Waals surface area contributed by atoms with Gasteiger partial charge in [-0.25, -0.2) is 4.98 Å². The standard InChI is InChI=1S/C11H20N6/c1-16-4-6-17(7-5-16)3-2-14-11-9-13-8-10(12)15-11/h8-9H,2-7H2,1H3,(H3,12,14,15). The number of aromatic nitrogens is 2. The Morgan fingerprint density at radius 1 is 1.29 bits per heavy atom. The van der Waals surface area contributed by atoms with Crippen LogP contribution in [0.25, 0.3) is 0 Å². The first kappa shape index (κ1) is 12.1. The lowest BCUT2D eigenvalue weighted by atomic mass is 10.3. The van der Waals surface area contributed by atoms with Gasteiger partial charge in [-0.15, -0.1) is 0 Å². The molecule has 1 aliphatic rings. The summed E-state index contributed by atoms with van der Waals surface area (Å²) >= 11 is 0. The lowest BCUT2D eigenvalue weighted by Gasteiger charge is -2.32. The lowest BCUT2D eigenvalue weighted by molar-refractivity contribution is 0.158. The van der Waals surface area contributed by atoms with Crippen LogP contribution < -0.4 is 11.1 Å². The fourth-order valence-corrected chi connectivity index (χ4v) is 1.88. The monoisotopic (exact) mass is 236 g/mol. The second kappa shape index (κ2) is 5.79. The van der Waals surface area contributed by atoms with Crippen LogP contribution in [-0.4, -0.2) is 66.1 Å². The highest BCUT2D eigenvalue weighted by Gasteiger charge is 2.12. The van der Waals surface area contributed by atoms with Crippen molar-refractivity contribution in [3.8, 4) is 0 Å². The molecule has 1 aliphatic heterocycles. The molecular formula is C11H20N6. The molecule has 1 fully saturated rings. The highest BCUT2D eigenvalue weighted by Crippen LogP contribution is 2.03. The smallest absolute Gasteiger partial charge is 0.146 e. The Morgan fingerprint density at radius 2 is 2.06 bits per heavy atom. The number of likely N-dealkylation sites (N-methyl/N-ethyl adjacent to an activating group) is 1. The Balaban J connectivity index is 1.69. The maximum absolute atomic E-state index is 5.56. The summed E-state index contributed by atoms with van der Waals surface area (Å²) in [4.78, 5) is 12.9. The average Bonchev–Trinajstić information content (AvgIpc) is 2.32. The van der Waals surface area contributed by atoms with Gasteiger partial charge in [-0.2, -0.15) is 0 Å². The van der Waals surface area contributed by atoms with Gasteiger partial charge < -0.3 is 16.0 Å². The molecule has 0 radical (unpaired) electrons. The Hall–Kier alpha value is -1.40. The van der Waals surface area contributed by atoms with E-state index in [1.165, 1.54) is 0 Å². The van der Waals surface area contributed by atoms with Crippen molar-refractivity contribution >= 4 is 11.6 Å². The third-order valence-corrected chi connectivity index (χ3v) is 2.98. The molecule has 0 aromatic carbocycles. The second-order valence-electron chi connectivity index (χ2n) is 4.40. The summed E-state index contributed by atoms with van der Waals surface area (Å²) in [5, 5.41) is 3.24. The van der Waals surface area contributed by atoms with Crippen LogP contribution in [0.3, 0.4) is 0 Å². The number of nitrogens with zero attached hydrogens (tertiary/aromatic N) is 4. The normalized spacial score (nSPS) is 18.2. The number of anilines is 2. The van der Waals surface area contributed by atoms with E-state index in [0.717, 1.165) is 45.1 Å². The summed E-state index contributed by atoms with van der Waals surface area (Å²) in [6.07, 6.45) is 3.24. The zero-order chi connectivity index (χ0) is 12.1. The van der Waals surface area contributed by atoms with Gasteiger partial charge in [0.2, 0.25) is 0 Å². The molecule has 0 bridgehead atoms. The van der Waals surface area contributed by atoms with Crippen molar-refractivity contribution in [1.82, 2.24) is 19.8 Å². The Labute approximate surface area is 102 Å². The van der Waals surface area contributed by atoms with Crippen LogP contribution in [0.2, 0.25) is 0 Å². The Kier molecular flexibility index (Phi) is 4.11. The Bertz CT molecular complexity index is 348. The minimum atomic E-state index is 0.453. The molecule has 6 heteroatoms. The number of piperazine rings is 1. The summed E-state index contributed by atoms with van der Waals surface area (Å²) in [5.74, 6) is 1.20. The van der Waals surface area contributed by atoms with Gasteiger partial charge in [0.05, 0.1) is 12.4 Å². The predicted molar refractivity (Wildman–Crippen MR) is 68.9 cm³/mol. The third-order valence-electron chi connectivity index (χ3n) is 2.98. The molecule has 1 aromatic rings. The topological polar surface area (TPSA) is 70.3 Å². The largest absolute Gasteiger partial charge is 0.382 e. The third kappa shape index (κ3) is 3.83. The van der Waals surface area contributed by atoms with Crippen LogP contribution >= 0.6 is 0 Å². The molecule has 3 N–H and O–H groups in total. The van der Waals surface area contributed by atoms with Crippen molar-refractivity contribution in [2.45, 2.75) is 0 Å². The highest BCUT2D eigenvalue weighted by atomic mass is 15.2. The van der Waals surface area contributed by atoms with Gasteiger partial charge in [-0.05, 0) is 7.05 Å². The van der Waals surface area contributed by atoms with Crippen LogP contribution in [0.15, 0.2) is 12.4 Å². The van der Waals surface area contributed by atoms with E-state index < -0.39 is 0 Å². The summed E-state index contributed by atoms with van der Waals surface area (Å²) in [7, 11) is 2.16. The predicted octanol–water partition coefficient (Wildman–Crippen LogP) is -0.282. The maximum atomic E-state index is 5.56. The molecule has 0 amide bonds. The molecule has 2 heterocycles. The number of nitrogens with one attached hydrogen (secondary N) is 1. The van der Waals surface area contributed by atoms with E-state index in [9.17, 15) is 0 Å². The summed E-state index contributed by atoms with van der Waals surface area (Å²) < 4.78 is 0. The summed E-state index contributed by atoms with van der Waals surface area (Å²) in [5.41, 5.74) is 5.56. The van der Waals surface area contributed by atoms with Gasteiger partial charge in [-0.1, -0.05) is 0 Å². The zero-order valence-corrected chi connectivity index (χ0v) is 10.3. The van der Waals surface area contributed by atoms with E-state index in [4.69, 9.17) is 5.73 Å². The Morgan fingerprint density at radius 3 is 2.76 bits per heavy atom. The van der Waals surface area contributed by atoms with Crippen molar-refractivity contribution in [2.75, 3.05) is 57.4 Å². The van der Waals surface area contributed by atoms with Gasteiger partial charge in [0.25, 0.3) is 0 Å². The second-order valence-corrected chi connectivity index (χ2v) is 4.40. The minimum Gasteiger partial charge on any atom is -0.382 e. The van der Waals surface area contributed by atoms with Crippen LogP contribution in [0.1, 0.15) is 0 Å². The quantitative estimate of drug-likeness (QED) is 0.749. The molecule has 2 rings (SSSR count). The van der Waals surface area contributed by atoms with Crippen LogP contribution in [0.4, 0.5) is 11.6 Å². The van der Waals surface area contributed by atoms with Crippen molar-refractivity contribution in [1.29, 1.82) is 0 Å². The minimum absolute atomic E-state index is 0.453. The SMILES string of the molecule is CN1CCN(CCNc2cncc(N)n2)CC1. The van der Waals surface area contributed by atoms with E-state index in [1.807, 2.05) is 0 Å². The van der Waals surface area contributed by atoms with Crippen LogP contribution in [-0.2, 0) is 0 Å². The first-order valence-electron chi connectivity index (χ1n) is 5.96. The van der Waals surface area contributed by atoms with Gasteiger partial charge in [0.15, 0.2) is 0 Å². The van der Waals surface area contributed by atoms with Gasteiger partial charge in [0, 0.05) is 39.3 Å². The van der Waals surface area contributed by atoms with E-state index in [0.29, 0.717) is 5.82 Å². The number of hydrogen-bond donors (Lipinski definition) is 2. The summed E-state index contributed by atoms with van der Waals surface area (Å²) in [6, 6.07) is 0. The molecule has 0 aliphatic carbocycles. The molecule has 1 aromatic heterocycles. The maximum Gasteiger partial charge on any atom is 0.146 e. The van der Waals surface area contributed by atoms with Crippen molar-refractivity contribution in [3.63, 3.8) is 0 Å². The number of hydrogen-bond acceptors (Lipinski definition) is 6. The van der Waals surface area contributed by atoms with Gasteiger partial charge in [-0.3, -0.25) is 9.88 Å². The molecule has 0 atom stereocenters. The lowest BCUT2D eigenvalue weighted by Crippen LogP contribution is -2.45. The van der Waals surface area contributed by atoms with Crippen LogP contribution in [0.5, 0.6) is 0 Å². The first-order chi connectivity index (χ1) is 8.24. The molecule has 17 heavy (non-hydrogen) atoms. The first-order valence-corrected chi connectivity index (χ1v) is 5.96. The number of nitrogen functional groups attached to an aromatic ring is 1. The van der Waals surface area contributed by atoms with E-state index >= 15 is 0 Å².